The van der Waals surface area contributed by atoms with Crippen molar-refractivity contribution in [2.75, 3.05) is 7.05 Å². The summed E-state index contributed by atoms with van der Waals surface area (Å²) in [6, 6.07) is 8.73. The highest BCUT2D eigenvalue weighted by molar-refractivity contribution is 8.00. The van der Waals surface area contributed by atoms with Crippen molar-refractivity contribution in [3.05, 3.63) is 23.8 Å². The van der Waals surface area contributed by atoms with Crippen molar-refractivity contribution in [2.24, 2.45) is 0 Å². The molecular weight excluding hydrogens is 256 g/mol. The van der Waals surface area contributed by atoms with Crippen LogP contribution in [0.1, 0.15) is 31.2 Å². The fraction of sp³-hybridized carbons (Fsp3) is 0.533. The molecule has 0 aliphatic carbocycles. The van der Waals surface area contributed by atoms with Gasteiger partial charge in [-0.2, -0.15) is 5.26 Å². The van der Waals surface area contributed by atoms with E-state index in [0.29, 0.717) is 10.8 Å². The highest BCUT2D eigenvalue weighted by Gasteiger charge is 2.38. The van der Waals surface area contributed by atoms with Gasteiger partial charge >= 0.3 is 0 Å². The molecular formula is C15H18N2OS. The lowest BCUT2D eigenvalue weighted by Gasteiger charge is -2.36. The van der Waals surface area contributed by atoms with Gasteiger partial charge in [0.25, 0.3) is 0 Å². The van der Waals surface area contributed by atoms with Crippen LogP contribution in [-0.2, 0) is 0 Å². The second-order valence-corrected chi connectivity index (χ2v) is 6.90. The zero-order valence-corrected chi connectivity index (χ0v) is 11.9. The van der Waals surface area contributed by atoms with Crippen LogP contribution < -0.4 is 0 Å². The molecule has 2 aliphatic rings. The third kappa shape index (κ3) is 2.45. The number of piperidine rings is 1. The maximum Gasteiger partial charge on any atom is 0.116 e. The van der Waals surface area contributed by atoms with E-state index in [2.05, 4.69) is 18.0 Å². The summed E-state index contributed by atoms with van der Waals surface area (Å²) in [5.74, 6) is 0.171. The molecule has 100 valence electrons. The molecule has 0 spiro atoms. The highest BCUT2D eigenvalue weighted by atomic mass is 32.2. The lowest BCUT2D eigenvalue weighted by Crippen LogP contribution is -2.40. The van der Waals surface area contributed by atoms with E-state index in [0.717, 1.165) is 17.0 Å². The predicted octanol–water partition coefficient (Wildman–Crippen LogP) is 2.98. The average molecular weight is 274 g/mol. The molecule has 0 aromatic heterocycles. The van der Waals surface area contributed by atoms with Crippen molar-refractivity contribution in [1.29, 1.82) is 5.26 Å². The topological polar surface area (TPSA) is 47.3 Å². The Hall–Kier alpha value is -1.18. The van der Waals surface area contributed by atoms with E-state index in [1.807, 2.05) is 17.8 Å². The summed E-state index contributed by atoms with van der Waals surface area (Å²) in [7, 11) is 2.24. The van der Waals surface area contributed by atoms with Gasteiger partial charge in [-0.3, -0.25) is 0 Å². The second kappa shape index (κ2) is 5.07. The molecule has 2 bridgehead atoms. The Morgan fingerprint density at radius 3 is 2.63 bits per heavy atom. The molecule has 2 aliphatic heterocycles. The summed E-state index contributed by atoms with van der Waals surface area (Å²) >= 11 is 1.81. The molecule has 19 heavy (non-hydrogen) atoms. The number of nitriles is 1. The molecule has 4 heteroatoms. The number of phenols is 1. The van der Waals surface area contributed by atoms with E-state index in [1.165, 1.54) is 25.7 Å². The standard InChI is InChI=1S/C15H18N2OS/c1-17-11-2-3-12(17)8-14(7-11)19-15-5-4-13(18)6-10(15)9-16/h4-6,11-12,14,18H,2-3,7-8H2,1H3. The quantitative estimate of drug-likeness (QED) is 0.900. The van der Waals surface area contributed by atoms with Crippen molar-refractivity contribution < 1.29 is 5.11 Å². The first-order valence-electron chi connectivity index (χ1n) is 6.79. The molecule has 0 radical (unpaired) electrons. The zero-order valence-electron chi connectivity index (χ0n) is 11.0. The first-order chi connectivity index (χ1) is 9.17. The summed E-state index contributed by atoms with van der Waals surface area (Å²) in [5, 5.41) is 19.2. The number of phenolic OH excluding ortho intramolecular Hbond substituents is 1. The Morgan fingerprint density at radius 2 is 2.00 bits per heavy atom. The summed E-state index contributed by atoms with van der Waals surface area (Å²) in [5.41, 5.74) is 0.594. The van der Waals surface area contributed by atoms with Crippen LogP contribution in [0.25, 0.3) is 0 Å². The minimum atomic E-state index is 0.171. The average Bonchev–Trinajstić information content (AvgIpc) is 2.64. The van der Waals surface area contributed by atoms with E-state index < -0.39 is 0 Å². The Morgan fingerprint density at radius 1 is 1.32 bits per heavy atom. The minimum Gasteiger partial charge on any atom is -0.508 e. The first-order valence-corrected chi connectivity index (χ1v) is 7.67. The van der Waals surface area contributed by atoms with Gasteiger partial charge in [-0.05, 0) is 50.9 Å². The molecule has 3 rings (SSSR count). The minimum absolute atomic E-state index is 0.171. The largest absolute Gasteiger partial charge is 0.508 e. The third-order valence-electron chi connectivity index (χ3n) is 4.43. The van der Waals surface area contributed by atoms with Crippen LogP contribution in [0.5, 0.6) is 5.75 Å². The number of fused-ring (bicyclic) bond motifs is 2. The van der Waals surface area contributed by atoms with Crippen molar-refractivity contribution >= 4 is 11.8 Å². The molecule has 0 amide bonds. The molecule has 2 atom stereocenters. The number of aromatic hydroxyl groups is 1. The fourth-order valence-electron chi connectivity index (χ4n) is 3.35. The number of rotatable bonds is 2. The van der Waals surface area contributed by atoms with E-state index in [-0.39, 0.29) is 5.75 Å². The predicted molar refractivity (Wildman–Crippen MR) is 76.3 cm³/mol. The molecule has 2 saturated heterocycles. The fourth-order valence-corrected chi connectivity index (χ4v) is 4.72. The molecule has 3 nitrogen and oxygen atoms in total. The van der Waals surface area contributed by atoms with Crippen LogP contribution in [0.4, 0.5) is 0 Å². The monoisotopic (exact) mass is 274 g/mol. The van der Waals surface area contributed by atoms with Gasteiger partial charge in [0.2, 0.25) is 0 Å². The Bertz CT molecular complexity index is 511. The van der Waals surface area contributed by atoms with Crippen LogP contribution in [0, 0.1) is 11.3 Å². The van der Waals surface area contributed by atoms with Crippen molar-refractivity contribution in [1.82, 2.24) is 4.90 Å². The van der Waals surface area contributed by atoms with Gasteiger partial charge in [0.1, 0.15) is 11.8 Å². The Balaban J connectivity index is 1.75. The van der Waals surface area contributed by atoms with Gasteiger partial charge in [-0.15, -0.1) is 11.8 Å². The number of hydrogen-bond acceptors (Lipinski definition) is 4. The number of thioether (sulfide) groups is 1. The van der Waals surface area contributed by atoms with E-state index >= 15 is 0 Å². The first kappa shape index (κ1) is 12.8. The molecule has 2 fully saturated rings. The Kier molecular flexibility index (Phi) is 3.42. The summed E-state index contributed by atoms with van der Waals surface area (Å²) < 4.78 is 0. The van der Waals surface area contributed by atoms with Gasteiger partial charge in [-0.1, -0.05) is 0 Å². The normalized spacial score (nSPS) is 30.2. The van der Waals surface area contributed by atoms with Gasteiger partial charge < -0.3 is 10.0 Å². The van der Waals surface area contributed by atoms with Gasteiger partial charge in [0.05, 0.1) is 5.56 Å². The van der Waals surface area contributed by atoms with Gasteiger partial charge in [0, 0.05) is 22.2 Å². The van der Waals surface area contributed by atoms with Crippen LogP contribution in [0.3, 0.4) is 0 Å². The van der Waals surface area contributed by atoms with Crippen molar-refractivity contribution in [2.45, 2.75) is 47.9 Å². The number of benzene rings is 1. The number of hydrogen-bond donors (Lipinski definition) is 1. The van der Waals surface area contributed by atoms with Crippen LogP contribution in [-0.4, -0.2) is 34.4 Å². The van der Waals surface area contributed by atoms with Crippen LogP contribution >= 0.6 is 11.8 Å². The molecule has 2 heterocycles. The Labute approximate surface area is 118 Å². The lowest BCUT2D eigenvalue weighted by atomic mass is 10.0. The van der Waals surface area contributed by atoms with Crippen molar-refractivity contribution in [3.8, 4) is 11.8 Å². The van der Waals surface area contributed by atoms with E-state index in [9.17, 15) is 5.11 Å². The molecule has 0 saturated carbocycles. The third-order valence-corrected chi connectivity index (χ3v) is 5.76. The van der Waals surface area contributed by atoms with E-state index in [4.69, 9.17) is 5.26 Å². The smallest absolute Gasteiger partial charge is 0.116 e. The van der Waals surface area contributed by atoms with Gasteiger partial charge in [0.15, 0.2) is 0 Å². The van der Waals surface area contributed by atoms with Crippen LogP contribution in [0.2, 0.25) is 0 Å². The van der Waals surface area contributed by atoms with Crippen molar-refractivity contribution in [3.63, 3.8) is 0 Å². The second-order valence-electron chi connectivity index (χ2n) is 5.55. The zero-order chi connectivity index (χ0) is 13.4. The summed E-state index contributed by atoms with van der Waals surface area (Å²) in [4.78, 5) is 3.54. The maximum absolute atomic E-state index is 9.44. The maximum atomic E-state index is 9.44. The van der Waals surface area contributed by atoms with E-state index in [1.54, 1.807) is 12.1 Å². The molecule has 2 unspecified atom stereocenters. The SMILES string of the molecule is CN1C2CCC1CC(Sc1ccc(O)cc1C#N)C2. The van der Waals surface area contributed by atoms with Gasteiger partial charge in [-0.25, -0.2) is 0 Å². The number of nitrogens with zero attached hydrogens (tertiary/aromatic N) is 2. The summed E-state index contributed by atoms with van der Waals surface area (Å²) in [6.45, 7) is 0. The lowest BCUT2D eigenvalue weighted by molar-refractivity contribution is 0.183. The molecule has 1 aromatic rings. The molecule has 1 aromatic carbocycles. The van der Waals surface area contributed by atoms with Crippen LogP contribution in [0.15, 0.2) is 23.1 Å². The summed E-state index contributed by atoms with van der Waals surface area (Å²) in [6.07, 6.45) is 5.06. The highest BCUT2D eigenvalue weighted by Crippen LogP contribution is 2.42. The molecule has 1 N–H and O–H groups in total.